The zero-order chi connectivity index (χ0) is 37.1. The fourth-order valence-corrected chi connectivity index (χ4v) is 4.94. The lowest BCUT2D eigenvalue weighted by molar-refractivity contribution is 0.0849. The van der Waals surface area contributed by atoms with Gasteiger partial charge in [-0.1, -0.05) is 133 Å². The normalized spacial score (nSPS) is 12.6. The first-order valence-corrected chi connectivity index (χ1v) is 16.4. The SMILES string of the molecule is CC(=O)c1ccccc1O.O=C(/C=C/c1ccccc1)c1ccccc1O.O=C1CC(c2ccccc2)Oc2ccccc21.O=Cc1ccccc1. The fourth-order valence-electron chi connectivity index (χ4n) is 4.94. The summed E-state index contributed by atoms with van der Waals surface area (Å²) in [6.45, 7) is 1.43. The Morgan fingerprint density at radius 1 is 0.615 bits per heavy atom. The summed E-state index contributed by atoms with van der Waals surface area (Å²) in [6, 6.07) is 49.0. The van der Waals surface area contributed by atoms with Crippen molar-refractivity contribution in [3.8, 4) is 17.2 Å². The van der Waals surface area contributed by atoms with Gasteiger partial charge in [-0.3, -0.25) is 19.2 Å². The molecule has 0 saturated heterocycles. The van der Waals surface area contributed by atoms with Crippen molar-refractivity contribution in [1.82, 2.24) is 0 Å². The number of benzene rings is 6. The minimum Gasteiger partial charge on any atom is -0.507 e. The lowest BCUT2D eigenvalue weighted by atomic mass is 9.96. The molecule has 6 aromatic carbocycles. The molecule has 1 unspecified atom stereocenters. The number of rotatable bonds is 6. The number of hydrogen-bond acceptors (Lipinski definition) is 7. The molecule has 1 atom stereocenters. The van der Waals surface area contributed by atoms with E-state index in [9.17, 15) is 24.3 Å². The van der Waals surface area contributed by atoms with E-state index in [1.807, 2.05) is 103 Å². The van der Waals surface area contributed by atoms with Gasteiger partial charge in [0.2, 0.25) is 0 Å². The van der Waals surface area contributed by atoms with Crippen LogP contribution in [0.3, 0.4) is 0 Å². The third-order valence-electron chi connectivity index (χ3n) is 7.61. The number of phenols is 2. The summed E-state index contributed by atoms with van der Waals surface area (Å²) < 4.78 is 5.87. The van der Waals surface area contributed by atoms with Crippen molar-refractivity contribution < 1.29 is 34.1 Å². The van der Waals surface area contributed by atoms with Gasteiger partial charge in [-0.2, -0.15) is 0 Å². The lowest BCUT2D eigenvalue weighted by Crippen LogP contribution is -2.20. The summed E-state index contributed by atoms with van der Waals surface area (Å²) in [4.78, 5) is 44.5. The van der Waals surface area contributed by atoms with Gasteiger partial charge in [-0.25, -0.2) is 0 Å². The van der Waals surface area contributed by atoms with Crippen LogP contribution in [0.5, 0.6) is 17.2 Å². The van der Waals surface area contributed by atoms with Crippen molar-refractivity contribution in [3.05, 3.63) is 203 Å². The van der Waals surface area contributed by atoms with E-state index in [0.29, 0.717) is 28.9 Å². The number of hydrogen-bond donors (Lipinski definition) is 2. The number of ether oxygens (including phenoxy) is 1. The van der Waals surface area contributed by atoms with Gasteiger partial charge in [0.15, 0.2) is 17.3 Å². The topological polar surface area (TPSA) is 118 Å². The van der Waals surface area contributed by atoms with Crippen LogP contribution in [0.15, 0.2) is 170 Å². The maximum atomic E-state index is 12.0. The van der Waals surface area contributed by atoms with Crippen LogP contribution < -0.4 is 4.74 Å². The summed E-state index contributed by atoms with van der Waals surface area (Å²) in [5.41, 5.74) is 4.13. The molecule has 0 fully saturated rings. The maximum absolute atomic E-state index is 12.0. The van der Waals surface area contributed by atoms with E-state index in [4.69, 9.17) is 9.84 Å². The first kappa shape index (κ1) is 38.0. The molecule has 7 nitrogen and oxygen atoms in total. The highest BCUT2D eigenvalue weighted by Crippen LogP contribution is 2.34. The number of allylic oxidation sites excluding steroid dienone is 1. The largest absolute Gasteiger partial charge is 0.507 e. The van der Waals surface area contributed by atoms with E-state index in [-0.39, 0.29) is 35.0 Å². The molecule has 7 rings (SSSR count). The van der Waals surface area contributed by atoms with Gasteiger partial charge in [0, 0.05) is 5.56 Å². The number of aldehydes is 1. The first-order chi connectivity index (χ1) is 25.3. The minimum absolute atomic E-state index is 0.00946. The molecule has 0 saturated carbocycles. The van der Waals surface area contributed by atoms with Crippen molar-refractivity contribution in [1.29, 1.82) is 0 Å². The summed E-state index contributed by atoms with van der Waals surface area (Å²) in [7, 11) is 0. The molecule has 1 aliphatic heterocycles. The second kappa shape index (κ2) is 20.0. The molecule has 6 aromatic rings. The molecular weight excluding hydrogens is 652 g/mol. The highest BCUT2D eigenvalue weighted by molar-refractivity contribution is 6.08. The lowest BCUT2D eigenvalue weighted by Gasteiger charge is -2.25. The molecule has 0 spiro atoms. The van der Waals surface area contributed by atoms with E-state index < -0.39 is 0 Å². The van der Waals surface area contributed by atoms with Crippen LogP contribution >= 0.6 is 0 Å². The third-order valence-corrected chi connectivity index (χ3v) is 7.61. The van der Waals surface area contributed by atoms with Crippen LogP contribution in [0.4, 0.5) is 0 Å². The van der Waals surface area contributed by atoms with E-state index in [1.54, 1.807) is 54.6 Å². The van der Waals surface area contributed by atoms with Crippen molar-refractivity contribution >= 4 is 29.7 Å². The van der Waals surface area contributed by atoms with E-state index in [0.717, 1.165) is 23.0 Å². The Morgan fingerprint density at radius 2 is 1.10 bits per heavy atom. The number of carbonyl (C=O) groups excluding carboxylic acids is 4. The highest BCUT2D eigenvalue weighted by atomic mass is 16.5. The molecule has 0 bridgehead atoms. The fraction of sp³-hybridized carbons (Fsp3) is 0.0667. The van der Waals surface area contributed by atoms with Gasteiger partial charge in [-0.05, 0) is 60.5 Å². The van der Waals surface area contributed by atoms with E-state index in [1.165, 1.54) is 25.1 Å². The van der Waals surface area contributed by atoms with Crippen molar-refractivity contribution in [2.75, 3.05) is 0 Å². The number of Topliss-reactive ketones (excluding diaryl/α,β-unsaturated/α-hetero) is 2. The number of ketones is 3. The van der Waals surface area contributed by atoms with E-state index in [2.05, 4.69) is 0 Å². The summed E-state index contributed by atoms with van der Waals surface area (Å²) >= 11 is 0. The summed E-state index contributed by atoms with van der Waals surface area (Å²) in [5.74, 6) is 0.591. The molecule has 0 aromatic heterocycles. The predicted molar refractivity (Wildman–Crippen MR) is 203 cm³/mol. The molecule has 0 radical (unpaired) electrons. The zero-order valence-electron chi connectivity index (χ0n) is 28.5. The van der Waals surface area contributed by atoms with Gasteiger partial charge in [0.1, 0.15) is 29.6 Å². The molecular formula is C45H38O7. The smallest absolute Gasteiger partial charge is 0.189 e. The molecule has 1 heterocycles. The van der Waals surface area contributed by atoms with Crippen LogP contribution in [-0.2, 0) is 0 Å². The Balaban J connectivity index is 0.000000162. The van der Waals surface area contributed by atoms with Crippen molar-refractivity contribution in [2.24, 2.45) is 0 Å². The Bertz CT molecular complexity index is 2090. The number of phenolic OH excluding ortho intramolecular Hbond substituents is 2. The number of carbonyl (C=O) groups is 4. The zero-order valence-corrected chi connectivity index (χ0v) is 28.5. The van der Waals surface area contributed by atoms with Crippen LogP contribution in [0.25, 0.3) is 6.08 Å². The van der Waals surface area contributed by atoms with Gasteiger partial charge < -0.3 is 14.9 Å². The van der Waals surface area contributed by atoms with Gasteiger partial charge in [-0.15, -0.1) is 0 Å². The molecule has 2 N–H and O–H groups in total. The van der Waals surface area contributed by atoms with Crippen molar-refractivity contribution in [3.63, 3.8) is 0 Å². The van der Waals surface area contributed by atoms with Gasteiger partial charge in [0.05, 0.1) is 23.1 Å². The number of fused-ring (bicyclic) bond motifs is 1. The Kier molecular flexibility index (Phi) is 14.6. The summed E-state index contributed by atoms with van der Waals surface area (Å²) in [5, 5.41) is 18.6. The Morgan fingerprint density at radius 3 is 1.62 bits per heavy atom. The Hall–Kier alpha value is -6.86. The van der Waals surface area contributed by atoms with Crippen molar-refractivity contribution in [2.45, 2.75) is 19.4 Å². The minimum atomic E-state index is -0.202. The van der Waals surface area contributed by atoms with Crippen LogP contribution in [0, 0.1) is 0 Å². The standard InChI is InChI=1S/2C15H12O2.C8H8O2.C7H6O/c16-13-10-15(11-6-2-1-3-7-11)17-14-9-5-4-8-12(13)14;16-14-9-5-4-8-13(14)15(17)11-10-12-6-2-1-3-7-12;1-6(9)7-4-2-3-5-8(7)10;8-6-7-4-2-1-3-5-7/h1-9,15H,10H2;1-11,16H;2-5,10H,1H3;1-6H/b;11-10+;;. The maximum Gasteiger partial charge on any atom is 0.189 e. The second-order valence-corrected chi connectivity index (χ2v) is 11.4. The molecule has 260 valence electrons. The van der Waals surface area contributed by atoms with Gasteiger partial charge >= 0.3 is 0 Å². The second-order valence-electron chi connectivity index (χ2n) is 11.4. The van der Waals surface area contributed by atoms with Crippen LogP contribution in [-0.4, -0.2) is 33.8 Å². The van der Waals surface area contributed by atoms with E-state index >= 15 is 0 Å². The molecule has 0 aliphatic carbocycles. The molecule has 1 aliphatic rings. The Labute approximate surface area is 303 Å². The molecule has 7 heteroatoms. The van der Waals surface area contributed by atoms with Gasteiger partial charge in [0.25, 0.3) is 0 Å². The number of aromatic hydroxyl groups is 2. The quantitative estimate of drug-likeness (QED) is 0.101. The first-order valence-electron chi connectivity index (χ1n) is 16.4. The predicted octanol–water partition coefficient (Wildman–Crippen LogP) is 9.78. The average Bonchev–Trinajstić information content (AvgIpc) is 3.19. The number of para-hydroxylation sites is 3. The van der Waals surface area contributed by atoms with Crippen LogP contribution in [0.1, 0.15) is 72.0 Å². The highest BCUT2D eigenvalue weighted by Gasteiger charge is 2.26. The molecule has 52 heavy (non-hydrogen) atoms. The average molecular weight is 691 g/mol. The monoisotopic (exact) mass is 690 g/mol. The third kappa shape index (κ3) is 11.6. The molecule has 0 amide bonds. The summed E-state index contributed by atoms with van der Waals surface area (Å²) in [6.07, 6.45) is 4.29. The van der Waals surface area contributed by atoms with Crippen LogP contribution in [0.2, 0.25) is 0 Å².